The molecule has 3 amide bonds. The van der Waals surface area contributed by atoms with E-state index in [1.165, 1.54) is 6.07 Å². The molecular formula is C23H20ClN3O3S2. The summed E-state index contributed by atoms with van der Waals surface area (Å²) < 4.78 is 0.155. The minimum Gasteiger partial charge on any atom is -0.308 e. The Morgan fingerprint density at radius 3 is 2.62 bits per heavy atom. The van der Waals surface area contributed by atoms with Crippen LogP contribution in [0.5, 0.6) is 0 Å². The van der Waals surface area contributed by atoms with Gasteiger partial charge in [0.25, 0.3) is 17.7 Å². The maximum Gasteiger partial charge on any atom is 0.286 e. The van der Waals surface area contributed by atoms with Crippen molar-refractivity contribution in [3.05, 3.63) is 69.6 Å². The molecule has 0 bridgehead atoms. The molecule has 2 aliphatic rings. The number of benzene rings is 2. The number of carbonyl (C=O) groups excluding carboxylic acids is 3. The standard InChI is InChI=1S/C23H20ClN3O3S2/c1-2-3-6-12-26-17-11-5-4-10-16(17)18(21(26)29)19-22(30)27(23(31)32-19)25-20(28)14-8-7-9-15(24)13-14/h4-5,7-11,13H,2-3,6,12H2,1H3,(H,25,28)/b19-18-. The zero-order valence-electron chi connectivity index (χ0n) is 17.3. The van der Waals surface area contributed by atoms with E-state index in [0.29, 0.717) is 28.3 Å². The number of thioether (sulfide) groups is 1. The molecule has 0 saturated carbocycles. The van der Waals surface area contributed by atoms with Gasteiger partial charge in [-0.3, -0.25) is 19.8 Å². The van der Waals surface area contributed by atoms with Gasteiger partial charge in [-0.25, -0.2) is 0 Å². The zero-order valence-corrected chi connectivity index (χ0v) is 19.6. The fraction of sp³-hybridized carbons (Fsp3) is 0.217. The Bertz CT molecular complexity index is 1160. The predicted octanol–water partition coefficient (Wildman–Crippen LogP) is 4.79. The lowest BCUT2D eigenvalue weighted by atomic mass is 10.1. The Kier molecular flexibility index (Phi) is 6.64. The third-order valence-electron chi connectivity index (χ3n) is 5.20. The average Bonchev–Trinajstić information content (AvgIpc) is 3.21. The van der Waals surface area contributed by atoms with Crippen molar-refractivity contribution >= 4 is 68.9 Å². The second kappa shape index (κ2) is 9.44. The normalized spacial score (nSPS) is 17.9. The lowest BCUT2D eigenvalue weighted by Crippen LogP contribution is -2.45. The Hall–Kier alpha value is -2.68. The maximum atomic E-state index is 13.3. The number of hydrazine groups is 1. The van der Waals surface area contributed by atoms with Crippen LogP contribution in [0.15, 0.2) is 53.4 Å². The summed E-state index contributed by atoms with van der Waals surface area (Å²) in [5.74, 6) is -1.26. The van der Waals surface area contributed by atoms with Crippen LogP contribution in [0.1, 0.15) is 42.1 Å². The molecule has 2 aromatic rings. The quantitative estimate of drug-likeness (QED) is 0.362. The van der Waals surface area contributed by atoms with Crippen molar-refractivity contribution in [1.82, 2.24) is 10.4 Å². The average molecular weight is 486 g/mol. The first-order valence-electron chi connectivity index (χ1n) is 10.2. The van der Waals surface area contributed by atoms with Gasteiger partial charge in [0.2, 0.25) is 0 Å². The summed E-state index contributed by atoms with van der Waals surface area (Å²) in [6, 6.07) is 13.8. The first kappa shape index (κ1) is 22.5. The Morgan fingerprint density at radius 1 is 1.09 bits per heavy atom. The van der Waals surface area contributed by atoms with Gasteiger partial charge in [-0.05, 0) is 42.9 Å². The van der Waals surface area contributed by atoms with Crippen LogP contribution < -0.4 is 10.3 Å². The molecule has 164 valence electrons. The molecule has 0 aromatic heterocycles. The monoisotopic (exact) mass is 485 g/mol. The molecule has 2 heterocycles. The topological polar surface area (TPSA) is 69.7 Å². The molecule has 2 aromatic carbocycles. The van der Waals surface area contributed by atoms with Gasteiger partial charge >= 0.3 is 0 Å². The number of thiocarbonyl (C=S) groups is 1. The van der Waals surface area contributed by atoms with E-state index in [0.717, 1.165) is 41.7 Å². The number of nitrogens with zero attached hydrogens (tertiary/aromatic N) is 2. The lowest BCUT2D eigenvalue weighted by Gasteiger charge is -2.17. The highest BCUT2D eigenvalue weighted by molar-refractivity contribution is 8.26. The van der Waals surface area contributed by atoms with Crippen molar-refractivity contribution < 1.29 is 14.4 Å². The van der Waals surface area contributed by atoms with E-state index in [9.17, 15) is 14.4 Å². The van der Waals surface area contributed by atoms with E-state index in [-0.39, 0.29) is 15.1 Å². The number of unbranched alkanes of at least 4 members (excludes halogenated alkanes) is 2. The van der Waals surface area contributed by atoms with E-state index < -0.39 is 11.8 Å². The van der Waals surface area contributed by atoms with E-state index in [1.807, 2.05) is 24.3 Å². The number of halogens is 1. The largest absolute Gasteiger partial charge is 0.308 e. The third kappa shape index (κ3) is 4.18. The number of amides is 3. The molecule has 32 heavy (non-hydrogen) atoms. The first-order valence-corrected chi connectivity index (χ1v) is 11.8. The van der Waals surface area contributed by atoms with Crippen molar-refractivity contribution in [2.75, 3.05) is 11.4 Å². The fourth-order valence-corrected chi connectivity index (χ4v) is 5.09. The number of fused-ring (bicyclic) bond motifs is 1. The molecule has 0 atom stereocenters. The van der Waals surface area contributed by atoms with Crippen molar-refractivity contribution in [3.63, 3.8) is 0 Å². The van der Waals surface area contributed by atoms with Gasteiger partial charge in [0.05, 0.1) is 16.2 Å². The van der Waals surface area contributed by atoms with Gasteiger partial charge in [0.1, 0.15) is 0 Å². The number of nitrogens with one attached hydrogen (secondary N) is 1. The molecule has 6 nitrogen and oxygen atoms in total. The summed E-state index contributed by atoms with van der Waals surface area (Å²) >= 11 is 12.3. The number of hydrogen-bond acceptors (Lipinski definition) is 5. The molecule has 0 spiro atoms. The van der Waals surface area contributed by atoms with E-state index in [1.54, 1.807) is 23.1 Å². The summed E-state index contributed by atoms with van der Waals surface area (Å²) in [6.45, 7) is 2.69. The summed E-state index contributed by atoms with van der Waals surface area (Å²) in [5, 5.41) is 1.42. The van der Waals surface area contributed by atoms with Crippen LogP contribution in [0.4, 0.5) is 5.69 Å². The molecule has 0 aliphatic carbocycles. The highest BCUT2D eigenvalue weighted by Gasteiger charge is 2.42. The SMILES string of the molecule is CCCCCN1C(=O)/C(=C2\SC(=S)N(NC(=O)c3cccc(Cl)c3)C2=O)c2ccccc21. The fourth-order valence-electron chi connectivity index (χ4n) is 3.65. The minimum absolute atomic E-state index is 0.155. The molecule has 2 aliphatic heterocycles. The van der Waals surface area contributed by atoms with Crippen LogP contribution in [0.3, 0.4) is 0 Å². The zero-order chi connectivity index (χ0) is 22.8. The molecule has 0 radical (unpaired) electrons. The van der Waals surface area contributed by atoms with Gasteiger partial charge in [-0.2, -0.15) is 5.01 Å². The van der Waals surface area contributed by atoms with Crippen LogP contribution >= 0.6 is 35.6 Å². The number of anilines is 1. The van der Waals surface area contributed by atoms with E-state index in [4.69, 9.17) is 23.8 Å². The van der Waals surface area contributed by atoms with E-state index >= 15 is 0 Å². The number of rotatable bonds is 6. The molecule has 1 fully saturated rings. The molecule has 1 saturated heterocycles. The number of para-hydroxylation sites is 1. The molecular weight excluding hydrogens is 466 g/mol. The van der Waals surface area contributed by atoms with Gasteiger partial charge in [0.15, 0.2) is 4.32 Å². The van der Waals surface area contributed by atoms with Crippen LogP contribution in [-0.2, 0) is 9.59 Å². The van der Waals surface area contributed by atoms with Gasteiger partial charge in [-0.15, -0.1) is 0 Å². The maximum absolute atomic E-state index is 13.3. The summed E-state index contributed by atoms with van der Waals surface area (Å²) in [4.78, 5) is 41.1. The second-order valence-electron chi connectivity index (χ2n) is 7.34. The van der Waals surface area contributed by atoms with Crippen LogP contribution in [0.25, 0.3) is 5.57 Å². The van der Waals surface area contributed by atoms with Crippen molar-refractivity contribution in [2.45, 2.75) is 26.2 Å². The van der Waals surface area contributed by atoms with Crippen LogP contribution in [0, 0.1) is 0 Å². The summed E-state index contributed by atoms with van der Waals surface area (Å²) in [6.07, 6.45) is 2.93. The number of carbonyl (C=O) groups is 3. The Morgan fingerprint density at radius 2 is 1.88 bits per heavy atom. The Balaban J connectivity index is 1.64. The molecule has 9 heteroatoms. The number of hydrogen-bond donors (Lipinski definition) is 1. The van der Waals surface area contributed by atoms with Crippen LogP contribution in [-0.4, -0.2) is 33.6 Å². The molecule has 4 rings (SSSR count). The van der Waals surface area contributed by atoms with Gasteiger partial charge < -0.3 is 4.90 Å². The Labute approximate surface area is 200 Å². The van der Waals surface area contributed by atoms with Crippen molar-refractivity contribution in [2.24, 2.45) is 0 Å². The van der Waals surface area contributed by atoms with E-state index in [2.05, 4.69) is 12.3 Å². The highest BCUT2D eigenvalue weighted by atomic mass is 35.5. The molecule has 1 N–H and O–H groups in total. The summed E-state index contributed by atoms with van der Waals surface area (Å²) in [5.41, 5.74) is 4.65. The third-order valence-corrected chi connectivity index (χ3v) is 6.81. The molecule has 0 unspecified atom stereocenters. The first-order chi connectivity index (χ1) is 15.4. The van der Waals surface area contributed by atoms with Gasteiger partial charge in [-0.1, -0.05) is 67.4 Å². The van der Waals surface area contributed by atoms with Crippen molar-refractivity contribution in [3.8, 4) is 0 Å². The summed E-state index contributed by atoms with van der Waals surface area (Å²) in [7, 11) is 0. The van der Waals surface area contributed by atoms with Crippen LogP contribution in [0.2, 0.25) is 5.02 Å². The highest BCUT2D eigenvalue weighted by Crippen LogP contribution is 2.44. The lowest BCUT2D eigenvalue weighted by molar-refractivity contribution is -0.124. The second-order valence-corrected chi connectivity index (χ2v) is 9.43. The predicted molar refractivity (Wildman–Crippen MR) is 131 cm³/mol. The minimum atomic E-state index is -0.524. The smallest absolute Gasteiger partial charge is 0.286 e. The van der Waals surface area contributed by atoms with Crippen molar-refractivity contribution in [1.29, 1.82) is 0 Å². The van der Waals surface area contributed by atoms with Gasteiger partial charge in [0, 0.05) is 22.7 Å².